The van der Waals surface area contributed by atoms with E-state index in [1.54, 1.807) is 6.33 Å². The molecule has 0 amide bonds. The molecule has 0 aliphatic heterocycles. The van der Waals surface area contributed by atoms with E-state index in [0.717, 1.165) is 16.7 Å². The highest BCUT2D eigenvalue weighted by atomic mass is 15.3. The van der Waals surface area contributed by atoms with Crippen LogP contribution in [-0.4, -0.2) is 15.0 Å². The number of rotatable bonds is 1. The maximum Gasteiger partial charge on any atom is 0.168 e. The lowest BCUT2D eigenvalue weighted by atomic mass is 10.3. The van der Waals surface area contributed by atoms with Gasteiger partial charge in [0, 0.05) is 5.69 Å². The van der Waals surface area contributed by atoms with Crippen LogP contribution < -0.4 is 11.3 Å². The number of hydrazine groups is 1. The maximum atomic E-state index is 5.28. The largest absolute Gasteiger partial charge is 0.344 e. The van der Waals surface area contributed by atoms with Gasteiger partial charge in [0.05, 0.1) is 11.8 Å². The monoisotopic (exact) mass is 163 g/mol. The normalized spacial score (nSPS) is 10.5. The van der Waals surface area contributed by atoms with Gasteiger partial charge < -0.3 is 10.4 Å². The highest BCUT2D eigenvalue weighted by Crippen LogP contribution is 2.17. The summed E-state index contributed by atoms with van der Waals surface area (Å²) in [5.41, 5.74) is 5.11. The van der Waals surface area contributed by atoms with E-state index in [9.17, 15) is 0 Å². The maximum absolute atomic E-state index is 5.28. The van der Waals surface area contributed by atoms with Crippen LogP contribution in [-0.2, 0) is 0 Å². The minimum Gasteiger partial charge on any atom is -0.344 e. The number of aromatic nitrogens is 3. The third kappa shape index (κ3) is 0.911. The van der Waals surface area contributed by atoms with Crippen LogP contribution in [0.3, 0.4) is 0 Å². The zero-order valence-electron chi connectivity index (χ0n) is 6.63. The van der Waals surface area contributed by atoms with Gasteiger partial charge in [-0.2, -0.15) is 0 Å². The van der Waals surface area contributed by atoms with Crippen molar-refractivity contribution in [1.29, 1.82) is 0 Å². The molecule has 0 unspecified atom stereocenters. The SMILES string of the molecule is Cc1cc2[nH]cnc2c(NN)n1. The van der Waals surface area contributed by atoms with Crippen molar-refractivity contribution < 1.29 is 0 Å². The van der Waals surface area contributed by atoms with E-state index in [-0.39, 0.29) is 0 Å². The number of nitrogens with two attached hydrogens (primary N) is 1. The number of fused-ring (bicyclic) bond motifs is 1. The second-order valence-corrected chi connectivity index (χ2v) is 2.56. The van der Waals surface area contributed by atoms with Crippen molar-refractivity contribution in [3.8, 4) is 0 Å². The Bertz CT molecular complexity index is 405. The molecule has 0 aromatic carbocycles. The number of nitrogens with one attached hydrogen (secondary N) is 2. The Morgan fingerprint density at radius 1 is 1.58 bits per heavy atom. The Hall–Kier alpha value is -1.62. The van der Waals surface area contributed by atoms with Crippen LogP contribution >= 0.6 is 0 Å². The Morgan fingerprint density at radius 2 is 2.42 bits per heavy atom. The summed E-state index contributed by atoms with van der Waals surface area (Å²) in [6.07, 6.45) is 1.62. The van der Waals surface area contributed by atoms with E-state index >= 15 is 0 Å². The Kier molecular flexibility index (Phi) is 1.44. The van der Waals surface area contributed by atoms with Crippen molar-refractivity contribution >= 4 is 16.9 Å². The molecule has 2 aromatic rings. The third-order valence-corrected chi connectivity index (χ3v) is 1.67. The predicted molar refractivity (Wildman–Crippen MR) is 46.4 cm³/mol. The third-order valence-electron chi connectivity index (χ3n) is 1.67. The van der Waals surface area contributed by atoms with Crippen molar-refractivity contribution in [3.63, 3.8) is 0 Å². The van der Waals surface area contributed by atoms with Gasteiger partial charge in [0.15, 0.2) is 5.82 Å². The van der Waals surface area contributed by atoms with Crippen LogP contribution in [0, 0.1) is 6.92 Å². The van der Waals surface area contributed by atoms with E-state index in [2.05, 4.69) is 20.4 Å². The molecule has 0 fully saturated rings. The molecule has 5 heteroatoms. The molecule has 2 aromatic heterocycles. The number of imidazole rings is 1. The first-order valence-corrected chi connectivity index (χ1v) is 3.58. The highest BCUT2D eigenvalue weighted by Gasteiger charge is 2.03. The van der Waals surface area contributed by atoms with Gasteiger partial charge >= 0.3 is 0 Å². The summed E-state index contributed by atoms with van der Waals surface area (Å²) in [7, 11) is 0. The van der Waals surface area contributed by atoms with E-state index in [0.29, 0.717) is 5.82 Å². The first-order chi connectivity index (χ1) is 5.81. The molecule has 2 rings (SSSR count). The van der Waals surface area contributed by atoms with Gasteiger partial charge in [-0.05, 0) is 13.0 Å². The molecule has 5 nitrogen and oxygen atoms in total. The van der Waals surface area contributed by atoms with Crippen molar-refractivity contribution in [2.24, 2.45) is 5.84 Å². The minimum absolute atomic E-state index is 0.603. The number of aryl methyl sites for hydroxylation is 1. The average Bonchev–Trinajstić information content (AvgIpc) is 2.50. The van der Waals surface area contributed by atoms with Crippen molar-refractivity contribution in [1.82, 2.24) is 15.0 Å². The Labute approximate surface area is 69.0 Å². The molecule has 62 valence electrons. The fourth-order valence-electron chi connectivity index (χ4n) is 1.17. The predicted octanol–water partition coefficient (Wildman–Crippen LogP) is 0.552. The molecular formula is C7H9N5. The van der Waals surface area contributed by atoms with Gasteiger partial charge in [-0.15, -0.1) is 0 Å². The molecule has 0 aliphatic carbocycles. The second-order valence-electron chi connectivity index (χ2n) is 2.56. The number of pyridine rings is 1. The van der Waals surface area contributed by atoms with Crippen LogP contribution in [0.2, 0.25) is 0 Å². The van der Waals surface area contributed by atoms with Crippen LogP contribution in [0.4, 0.5) is 5.82 Å². The van der Waals surface area contributed by atoms with Gasteiger partial charge in [-0.1, -0.05) is 0 Å². The van der Waals surface area contributed by atoms with E-state index in [1.165, 1.54) is 0 Å². The molecule has 0 bridgehead atoms. The summed E-state index contributed by atoms with van der Waals surface area (Å²) in [5, 5.41) is 0. The molecule has 0 atom stereocenters. The Morgan fingerprint density at radius 3 is 3.17 bits per heavy atom. The van der Waals surface area contributed by atoms with Crippen molar-refractivity contribution in [2.45, 2.75) is 6.92 Å². The Balaban J connectivity index is 2.80. The van der Waals surface area contributed by atoms with Gasteiger partial charge in [0.2, 0.25) is 0 Å². The van der Waals surface area contributed by atoms with Crippen molar-refractivity contribution in [3.05, 3.63) is 18.1 Å². The standard InChI is InChI=1S/C7H9N5/c1-4-2-5-6(10-3-9-5)7(11-4)12-8/h2-3H,8H2,1H3,(H,9,10)(H,11,12). The molecule has 0 aliphatic rings. The van der Waals surface area contributed by atoms with Gasteiger partial charge in [0.1, 0.15) is 5.52 Å². The summed E-state index contributed by atoms with van der Waals surface area (Å²) in [4.78, 5) is 11.2. The zero-order valence-corrected chi connectivity index (χ0v) is 6.63. The minimum atomic E-state index is 0.603. The lowest BCUT2D eigenvalue weighted by Gasteiger charge is -2.00. The number of nitrogen functional groups attached to an aromatic ring is 1. The molecule has 0 saturated heterocycles. The number of hydrogen-bond donors (Lipinski definition) is 3. The lowest BCUT2D eigenvalue weighted by Crippen LogP contribution is -2.09. The fraction of sp³-hybridized carbons (Fsp3) is 0.143. The first kappa shape index (κ1) is 7.05. The summed E-state index contributed by atoms with van der Waals surface area (Å²) in [5.74, 6) is 5.88. The summed E-state index contributed by atoms with van der Waals surface area (Å²) >= 11 is 0. The number of aromatic amines is 1. The average molecular weight is 163 g/mol. The topological polar surface area (TPSA) is 79.6 Å². The zero-order chi connectivity index (χ0) is 8.55. The van der Waals surface area contributed by atoms with Crippen LogP contribution in [0.25, 0.3) is 11.0 Å². The molecular weight excluding hydrogens is 154 g/mol. The second kappa shape index (κ2) is 2.46. The van der Waals surface area contributed by atoms with Crippen LogP contribution in [0.1, 0.15) is 5.69 Å². The fourth-order valence-corrected chi connectivity index (χ4v) is 1.17. The smallest absolute Gasteiger partial charge is 0.168 e. The van der Waals surface area contributed by atoms with Crippen molar-refractivity contribution in [2.75, 3.05) is 5.43 Å². The van der Waals surface area contributed by atoms with Gasteiger partial charge in [-0.3, -0.25) is 0 Å². The van der Waals surface area contributed by atoms with E-state index in [1.807, 2.05) is 13.0 Å². The number of hydrogen-bond acceptors (Lipinski definition) is 4. The summed E-state index contributed by atoms with van der Waals surface area (Å²) in [6.45, 7) is 1.90. The van der Waals surface area contributed by atoms with E-state index in [4.69, 9.17) is 5.84 Å². The van der Waals surface area contributed by atoms with Gasteiger partial charge in [0.25, 0.3) is 0 Å². The molecule has 4 N–H and O–H groups in total. The number of anilines is 1. The van der Waals surface area contributed by atoms with E-state index < -0.39 is 0 Å². The lowest BCUT2D eigenvalue weighted by molar-refractivity contribution is 1.17. The quantitative estimate of drug-likeness (QED) is 0.423. The molecule has 0 saturated carbocycles. The number of H-pyrrole nitrogens is 1. The molecule has 12 heavy (non-hydrogen) atoms. The molecule has 0 spiro atoms. The highest BCUT2D eigenvalue weighted by molar-refractivity contribution is 5.85. The van der Waals surface area contributed by atoms with Crippen LogP contribution in [0.5, 0.6) is 0 Å². The summed E-state index contributed by atoms with van der Waals surface area (Å²) in [6, 6.07) is 1.92. The molecule has 0 radical (unpaired) electrons. The number of nitrogens with zero attached hydrogens (tertiary/aromatic N) is 2. The van der Waals surface area contributed by atoms with Gasteiger partial charge in [-0.25, -0.2) is 15.8 Å². The first-order valence-electron chi connectivity index (χ1n) is 3.58. The summed E-state index contributed by atoms with van der Waals surface area (Å²) < 4.78 is 0. The molecule has 2 heterocycles. The van der Waals surface area contributed by atoms with Crippen LogP contribution in [0.15, 0.2) is 12.4 Å².